The maximum Gasteiger partial charge on any atom is 0.180 e. The van der Waals surface area contributed by atoms with E-state index in [-0.39, 0.29) is 11.8 Å². The Morgan fingerprint density at radius 1 is 1.35 bits per heavy atom. The number of hydrogen-bond donors (Lipinski definition) is 1. The maximum absolute atomic E-state index is 11.9. The van der Waals surface area contributed by atoms with Gasteiger partial charge in [-0.2, -0.15) is 0 Å². The van der Waals surface area contributed by atoms with Crippen molar-refractivity contribution in [2.75, 3.05) is 16.9 Å². The SMILES string of the molecule is CCS(=O)(=O)c1ccccc1NC(C)CCCl. The highest BCUT2D eigenvalue weighted by Gasteiger charge is 2.16. The van der Waals surface area contributed by atoms with Crippen molar-refractivity contribution in [1.29, 1.82) is 0 Å². The minimum absolute atomic E-state index is 0.107. The highest BCUT2D eigenvalue weighted by Crippen LogP contribution is 2.23. The molecule has 0 fully saturated rings. The molecule has 1 aromatic carbocycles. The predicted molar refractivity (Wildman–Crippen MR) is 72.6 cm³/mol. The Morgan fingerprint density at radius 3 is 2.59 bits per heavy atom. The van der Waals surface area contributed by atoms with Crippen LogP contribution in [-0.2, 0) is 9.84 Å². The summed E-state index contributed by atoms with van der Waals surface area (Å²) in [7, 11) is -3.18. The fourth-order valence-electron chi connectivity index (χ4n) is 1.51. The molecule has 96 valence electrons. The van der Waals surface area contributed by atoms with Crippen LogP contribution in [0.2, 0.25) is 0 Å². The predicted octanol–water partition coefficient (Wildman–Crippen LogP) is 2.91. The fraction of sp³-hybridized carbons (Fsp3) is 0.500. The number of alkyl halides is 1. The molecule has 0 aliphatic carbocycles. The van der Waals surface area contributed by atoms with Gasteiger partial charge in [0.2, 0.25) is 0 Å². The zero-order valence-electron chi connectivity index (χ0n) is 10.1. The third-order valence-corrected chi connectivity index (χ3v) is 4.55. The molecule has 0 saturated carbocycles. The van der Waals surface area contributed by atoms with Gasteiger partial charge in [-0.1, -0.05) is 19.1 Å². The molecule has 1 unspecified atom stereocenters. The van der Waals surface area contributed by atoms with Crippen molar-refractivity contribution in [3.8, 4) is 0 Å². The van der Waals surface area contributed by atoms with Crippen molar-refractivity contribution in [2.45, 2.75) is 31.2 Å². The lowest BCUT2D eigenvalue weighted by molar-refractivity contribution is 0.597. The van der Waals surface area contributed by atoms with Gasteiger partial charge in [-0.3, -0.25) is 0 Å². The Morgan fingerprint density at radius 2 is 2.00 bits per heavy atom. The Hall–Kier alpha value is -0.740. The molecule has 0 aromatic heterocycles. The first-order valence-corrected chi connectivity index (χ1v) is 7.84. The van der Waals surface area contributed by atoms with Gasteiger partial charge in [0.1, 0.15) is 0 Å². The van der Waals surface area contributed by atoms with E-state index in [9.17, 15) is 8.42 Å². The lowest BCUT2D eigenvalue weighted by atomic mass is 10.2. The first-order valence-electron chi connectivity index (χ1n) is 5.65. The summed E-state index contributed by atoms with van der Waals surface area (Å²) in [4.78, 5) is 0.365. The van der Waals surface area contributed by atoms with Gasteiger partial charge in [0, 0.05) is 11.9 Å². The molecule has 0 heterocycles. The van der Waals surface area contributed by atoms with E-state index in [1.165, 1.54) is 0 Å². The van der Waals surface area contributed by atoms with Crippen LogP contribution in [0.3, 0.4) is 0 Å². The van der Waals surface area contributed by atoms with E-state index in [0.717, 1.165) is 6.42 Å². The van der Waals surface area contributed by atoms with Gasteiger partial charge in [-0.15, -0.1) is 11.6 Å². The molecule has 1 rings (SSSR count). The summed E-state index contributed by atoms with van der Waals surface area (Å²) < 4.78 is 23.8. The second kappa shape index (κ2) is 6.26. The minimum Gasteiger partial charge on any atom is -0.381 e. The molecule has 0 bridgehead atoms. The fourth-order valence-corrected chi connectivity index (χ4v) is 2.90. The first kappa shape index (κ1) is 14.3. The monoisotopic (exact) mass is 275 g/mol. The van der Waals surface area contributed by atoms with Crippen LogP contribution >= 0.6 is 11.6 Å². The molecule has 3 nitrogen and oxygen atoms in total. The third-order valence-electron chi connectivity index (χ3n) is 2.55. The van der Waals surface area contributed by atoms with Gasteiger partial charge >= 0.3 is 0 Å². The average molecular weight is 276 g/mol. The van der Waals surface area contributed by atoms with Crippen LogP contribution in [0.5, 0.6) is 0 Å². The molecule has 0 aliphatic rings. The largest absolute Gasteiger partial charge is 0.381 e. The van der Waals surface area contributed by atoms with Gasteiger partial charge in [0.25, 0.3) is 0 Å². The lowest BCUT2D eigenvalue weighted by Gasteiger charge is -2.16. The minimum atomic E-state index is -3.18. The van der Waals surface area contributed by atoms with Crippen molar-refractivity contribution < 1.29 is 8.42 Å². The summed E-state index contributed by atoms with van der Waals surface area (Å²) in [6.45, 7) is 3.63. The van der Waals surface area contributed by atoms with Crippen LogP contribution in [0.25, 0.3) is 0 Å². The maximum atomic E-state index is 11.9. The molecule has 0 aliphatic heterocycles. The number of para-hydroxylation sites is 1. The van der Waals surface area contributed by atoms with Crippen molar-refractivity contribution in [3.63, 3.8) is 0 Å². The lowest BCUT2D eigenvalue weighted by Crippen LogP contribution is -2.18. The molecular weight excluding hydrogens is 258 g/mol. The zero-order chi connectivity index (χ0) is 12.9. The van der Waals surface area contributed by atoms with Crippen LogP contribution in [0.4, 0.5) is 5.69 Å². The van der Waals surface area contributed by atoms with Gasteiger partial charge in [-0.05, 0) is 25.5 Å². The second-order valence-corrected chi connectivity index (χ2v) is 6.55. The van der Waals surface area contributed by atoms with Gasteiger partial charge in [0.05, 0.1) is 16.3 Å². The molecular formula is C12H18ClNO2S. The molecule has 5 heteroatoms. The van der Waals surface area contributed by atoms with Crippen molar-refractivity contribution in [2.24, 2.45) is 0 Å². The van der Waals surface area contributed by atoms with Crippen LogP contribution in [0.1, 0.15) is 20.3 Å². The summed E-state index contributed by atoms with van der Waals surface area (Å²) in [5, 5.41) is 3.19. The summed E-state index contributed by atoms with van der Waals surface area (Å²) in [5.74, 6) is 0.659. The number of halogens is 1. The molecule has 17 heavy (non-hydrogen) atoms. The molecule has 0 saturated heterocycles. The van der Waals surface area contributed by atoms with E-state index >= 15 is 0 Å². The number of nitrogens with one attached hydrogen (secondary N) is 1. The van der Waals surface area contributed by atoms with Gasteiger partial charge in [0.15, 0.2) is 9.84 Å². The quantitative estimate of drug-likeness (QED) is 0.812. The summed E-state index contributed by atoms with van der Waals surface area (Å²) in [6, 6.07) is 7.13. The highest BCUT2D eigenvalue weighted by atomic mass is 35.5. The topological polar surface area (TPSA) is 46.2 Å². The second-order valence-electron chi connectivity index (χ2n) is 3.92. The average Bonchev–Trinajstić information content (AvgIpc) is 2.30. The Bertz CT molecular complexity index is 459. The van der Waals surface area contributed by atoms with E-state index < -0.39 is 9.84 Å². The number of hydrogen-bond acceptors (Lipinski definition) is 3. The molecule has 1 N–H and O–H groups in total. The number of benzene rings is 1. The Labute approximate surface area is 108 Å². The van der Waals surface area contributed by atoms with E-state index in [4.69, 9.17) is 11.6 Å². The van der Waals surface area contributed by atoms with Gasteiger partial charge in [-0.25, -0.2) is 8.42 Å². The third kappa shape index (κ3) is 3.89. The van der Waals surface area contributed by atoms with E-state index in [2.05, 4.69) is 5.32 Å². The summed E-state index contributed by atoms with van der Waals surface area (Å²) in [6.07, 6.45) is 0.794. The molecule has 0 amide bonds. The number of rotatable bonds is 6. The molecule has 1 aromatic rings. The van der Waals surface area contributed by atoms with Crippen molar-refractivity contribution >= 4 is 27.1 Å². The van der Waals surface area contributed by atoms with E-state index in [1.54, 1.807) is 25.1 Å². The van der Waals surface area contributed by atoms with Crippen LogP contribution in [-0.4, -0.2) is 26.1 Å². The van der Waals surface area contributed by atoms with Crippen molar-refractivity contribution in [3.05, 3.63) is 24.3 Å². The molecule has 1 atom stereocenters. The summed E-state index contributed by atoms with van der Waals surface area (Å²) >= 11 is 5.66. The van der Waals surface area contributed by atoms with Crippen LogP contribution in [0, 0.1) is 0 Å². The first-order chi connectivity index (χ1) is 8.01. The number of anilines is 1. The van der Waals surface area contributed by atoms with Crippen LogP contribution in [0.15, 0.2) is 29.2 Å². The van der Waals surface area contributed by atoms with Crippen LogP contribution < -0.4 is 5.32 Å². The number of sulfone groups is 1. The van der Waals surface area contributed by atoms with E-state index in [0.29, 0.717) is 16.5 Å². The van der Waals surface area contributed by atoms with E-state index in [1.807, 2.05) is 13.0 Å². The molecule has 0 spiro atoms. The normalized spacial score (nSPS) is 13.4. The summed E-state index contributed by atoms with van der Waals surface area (Å²) in [5.41, 5.74) is 0.659. The standard InChI is InChI=1S/C12H18ClNO2S/c1-3-17(15,16)12-7-5-4-6-11(12)14-10(2)8-9-13/h4-7,10,14H,3,8-9H2,1-2H3. The Kier molecular flexibility index (Phi) is 5.28. The van der Waals surface area contributed by atoms with Crippen molar-refractivity contribution in [1.82, 2.24) is 0 Å². The Balaban J connectivity index is 3.01. The highest BCUT2D eigenvalue weighted by molar-refractivity contribution is 7.91. The zero-order valence-corrected chi connectivity index (χ0v) is 11.7. The smallest absolute Gasteiger partial charge is 0.180 e. The van der Waals surface area contributed by atoms with Gasteiger partial charge < -0.3 is 5.32 Å². The molecule has 0 radical (unpaired) electrons.